The smallest absolute Gasteiger partial charge is 0.233 e. The van der Waals surface area contributed by atoms with Crippen LogP contribution in [0.25, 0.3) is 0 Å². The molecule has 158 valence electrons. The summed E-state index contributed by atoms with van der Waals surface area (Å²) in [4.78, 5) is 14.8. The van der Waals surface area contributed by atoms with Gasteiger partial charge in [0.2, 0.25) is 5.91 Å². The Morgan fingerprint density at radius 3 is 2.45 bits per heavy atom. The Kier molecular flexibility index (Phi) is 7.58. The molecule has 1 amide bonds. The first-order chi connectivity index (χ1) is 14.0. The van der Waals surface area contributed by atoms with Crippen molar-refractivity contribution in [3.63, 3.8) is 0 Å². The van der Waals surface area contributed by atoms with Crippen molar-refractivity contribution in [3.8, 4) is 5.75 Å². The number of thioether (sulfide) groups is 1. The lowest BCUT2D eigenvalue weighted by atomic mass is 9.98. The first-order valence-electron chi connectivity index (χ1n) is 10.6. The molecule has 3 rings (SSSR count). The van der Waals surface area contributed by atoms with Crippen LogP contribution in [0, 0.1) is 0 Å². The lowest BCUT2D eigenvalue weighted by Gasteiger charge is -2.39. The molecule has 0 spiro atoms. The molecular weight excluding hydrogens is 384 g/mol. The SMILES string of the molecule is CCc1ccc(OCc2nnc(SCC(=O)N3[C@H](C)CCC[C@@H]3C)n2CC)cc1. The summed E-state index contributed by atoms with van der Waals surface area (Å²) in [7, 11) is 0. The predicted molar refractivity (Wildman–Crippen MR) is 116 cm³/mol. The number of rotatable bonds is 8. The fourth-order valence-electron chi connectivity index (χ4n) is 3.93. The van der Waals surface area contributed by atoms with Gasteiger partial charge in [0, 0.05) is 18.6 Å². The van der Waals surface area contributed by atoms with E-state index in [1.807, 2.05) is 21.6 Å². The number of piperidine rings is 1. The summed E-state index contributed by atoms with van der Waals surface area (Å²) in [5.74, 6) is 2.19. The molecule has 1 aromatic carbocycles. The Labute approximate surface area is 178 Å². The highest BCUT2D eigenvalue weighted by Crippen LogP contribution is 2.25. The second kappa shape index (κ2) is 10.1. The van der Waals surface area contributed by atoms with E-state index in [0.29, 0.717) is 24.4 Å². The summed E-state index contributed by atoms with van der Waals surface area (Å²) in [6.07, 6.45) is 4.39. The van der Waals surface area contributed by atoms with Gasteiger partial charge in [-0.2, -0.15) is 0 Å². The molecule has 1 fully saturated rings. The molecule has 1 aliphatic rings. The summed E-state index contributed by atoms with van der Waals surface area (Å²) < 4.78 is 7.92. The van der Waals surface area contributed by atoms with Gasteiger partial charge < -0.3 is 14.2 Å². The number of aromatic nitrogens is 3. The summed E-state index contributed by atoms with van der Waals surface area (Å²) in [5.41, 5.74) is 1.29. The fourth-order valence-corrected chi connectivity index (χ4v) is 4.82. The molecule has 6 nitrogen and oxygen atoms in total. The highest BCUT2D eigenvalue weighted by Gasteiger charge is 2.29. The standard InChI is InChI=1S/C22H32N4O2S/c1-5-18-10-12-19(13-11-18)28-14-20-23-24-22(25(20)6-2)29-15-21(27)26-16(3)8-7-9-17(26)4/h10-13,16-17H,5-9,14-15H2,1-4H3/t16-,17+. The van der Waals surface area contributed by atoms with Crippen LogP contribution in [0.1, 0.15) is 58.3 Å². The van der Waals surface area contributed by atoms with E-state index in [9.17, 15) is 4.79 Å². The monoisotopic (exact) mass is 416 g/mol. The maximum atomic E-state index is 12.8. The van der Waals surface area contributed by atoms with E-state index in [1.165, 1.54) is 23.7 Å². The van der Waals surface area contributed by atoms with Crippen LogP contribution in [0.5, 0.6) is 5.75 Å². The molecule has 0 N–H and O–H groups in total. The molecule has 2 aromatic rings. The molecule has 7 heteroatoms. The van der Waals surface area contributed by atoms with Gasteiger partial charge in [0.05, 0.1) is 5.75 Å². The van der Waals surface area contributed by atoms with Crippen molar-refractivity contribution in [2.45, 2.75) is 83.8 Å². The normalized spacial score (nSPS) is 19.4. The van der Waals surface area contributed by atoms with Gasteiger partial charge in [-0.1, -0.05) is 30.8 Å². The molecule has 1 aliphatic heterocycles. The minimum atomic E-state index is 0.189. The van der Waals surface area contributed by atoms with Crippen molar-refractivity contribution < 1.29 is 9.53 Å². The van der Waals surface area contributed by atoms with E-state index < -0.39 is 0 Å². The van der Waals surface area contributed by atoms with E-state index in [0.717, 1.165) is 42.5 Å². The molecule has 0 radical (unpaired) electrons. The van der Waals surface area contributed by atoms with E-state index in [1.54, 1.807) is 0 Å². The van der Waals surface area contributed by atoms with Crippen LogP contribution in [0.15, 0.2) is 29.4 Å². The highest BCUT2D eigenvalue weighted by atomic mass is 32.2. The van der Waals surface area contributed by atoms with Crippen molar-refractivity contribution in [2.75, 3.05) is 5.75 Å². The predicted octanol–water partition coefficient (Wildman–Crippen LogP) is 4.32. The molecule has 29 heavy (non-hydrogen) atoms. The van der Waals surface area contributed by atoms with Crippen molar-refractivity contribution in [1.29, 1.82) is 0 Å². The maximum absolute atomic E-state index is 12.8. The van der Waals surface area contributed by atoms with Gasteiger partial charge in [-0.05, 0) is 64.2 Å². The van der Waals surface area contributed by atoms with Crippen LogP contribution in [0.3, 0.4) is 0 Å². The fraction of sp³-hybridized carbons (Fsp3) is 0.591. The molecule has 0 unspecified atom stereocenters. The Morgan fingerprint density at radius 2 is 1.83 bits per heavy atom. The largest absolute Gasteiger partial charge is 0.486 e. The van der Waals surface area contributed by atoms with E-state index in [2.05, 4.69) is 50.0 Å². The second-order valence-electron chi connectivity index (χ2n) is 7.65. The zero-order chi connectivity index (χ0) is 20.8. The molecule has 0 bridgehead atoms. The summed E-state index contributed by atoms with van der Waals surface area (Å²) in [6.45, 7) is 9.60. The van der Waals surface area contributed by atoms with Crippen LogP contribution >= 0.6 is 11.8 Å². The average Bonchev–Trinajstić information content (AvgIpc) is 3.12. The number of aryl methyl sites for hydroxylation is 1. The summed E-state index contributed by atoms with van der Waals surface area (Å²) >= 11 is 1.47. The van der Waals surface area contributed by atoms with Gasteiger partial charge in [0.15, 0.2) is 11.0 Å². The topological polar surface area (TPSA) is 60.3 Å². The Hall–Kier alpha value is -2.02. The number of likely N-dealkylation sites (tertiary alicyclic amines) is 1. The number of benzene rings is 1. The van der Waals surface area contributed by atoms with Gasteiger partial charge in [0.25, 0.3) is 0 Å². The number of nitrogens with zero attached hydrogens (tertiary/aromatic N) is 4. The maximum Gasteiger partial charge on any atom is 0.233 e. The van der Waals surface area contributed by atoms with Crippen molar-refractivity contribution in [2.24, 2.45) is 0 Å². The van der Waals surface area contributed by atoms with Gasteiger partial charge in [-0.25, -0.2) is 0 Å². The molecule has 0 saturated carbocycles. The Balaban J connectivity index is 1.59. The van der Waals surface area contributed by atoms with Gasteiger partial charge in [0.1, 0.15) is 12.4 Å². The van der Waals surface area contributed by atoms with Crippen LogP contribution in [0.2, 0.25) is 0 Å². The first kappa shape index (κ1) is 21.7. The van der Waals surface area contributed by atoms with E-state index >= 15 is 0 Å². The highest BCUT2D eigenvalue weighted by molar-refractivity contribution is 7.99. The van der Waals surface area contributed by atoms with E-state index in [4.69, 9.17) is 4.74 Å². The van der Waals surface area contributed by atoms with Crippen molar-refractivity contribution in [1.82, 2.24) is 19.7 Å². The third-order valence-electron chi connectivity index (χ3n) is 5.62. The lowest BCUT2D eigenvalue weighted by Crippen LogP contribution is -2.48. The minimum Gasteiger partial charge on any atom is -0.486 e. The zero-order valence-corrected chi connectivity index (χ0v) is 18.7. The molecule has 1 saturated heterocycles. The number of carbonyl (C=O) groups excluding carboxylic acids is 1. The third-order valence-corrected chi connectivity index (χ3v) is 6.57. The molecule has 0 aliphatic carbocycles. The lowest BCUT2D eigenvalue weighted by molar-refractivity contribution is -0.134. The summed E-state index contributed by atoms with van der Waals surface area (Å²) in [5, 5.41) is 9.38. The van der Waals surface area contributed by atoms with Crippen molar-refractivity contribution >= 4 is 17.7 Å². The first-order valence-corrected chi connectivity index (χ1v) is 11.6. The zero-order valence-electron chi connectivity index (χ0n) is 17.9. The van der Waals surface area contributed by atoms with Crippen molar-refractivity contribution in [3.05, 3.63) is 35.7 Å². The van der Waals surface area contributed by atoms with E-state index in [-0.39, 0.29) is 5.91 Å². The third kappa shape index (κ3) is 5.32. The average molecular weight is 417 g/mol. The number of ether oxygens (including phenoxy) is 1. The van der Waals surface area contributed by atoms with Gasteiger partial charge in [-0.15, -0.1) is 10.2 Å². The Bertz CT molecular complexity index is 796. The Morgan fingerprint density at radius 1 is 1.14 bits per heavy atom. The second-order valence-corrected chi connectivity index (χ2v) is 8.59. The van der Waals surface area contributed by atoms with Gasteiger partial charge >= 0.3 is 0 Å². The van der Waals surface area contributed by atoms with Crippen LogP contribution < -0.4 is 4.74 Å². The molecule has 2 atom stereocenters. The summed E-state index contributed by atoms with van der Waals surface area (Å²) in [6, 6.07) is 8.77. The van der Waals surface area contributed by atoms with Crippen LogP contribution in [-0.2, 0) is 24.4 Å². The van der Waals surface area contributed by atoms with Crippen LogP contribution in [-0.4, -0.2) is 43.4 Å². The number of hydrogen-bond acceptors (Lipinski definition) is 5. The quantitative estimate of drug-likeness (QED) is 0.600. The molecular formula is C22H32N4O2S. The molecule has 2 heterocycles. The van der Waals surface area contributed by atoms with Crippen LogP contribution in [0.4, 0.5) is 0 Å². The number of amides is 1. The number of hydrogen-bond donors (Lipinski definition) is 0. The number of carbonyl (C=O) groups is 1. The minimum absolute atomic E-state index is 0.189. The van der Waals surface area contributed by atoms with Gasteiger partial charge in [-0.3, -0.25) is 4.79 Å². The molecule has 1 aromatic heterocycles.